The molecule has 3 aromatic rings. The average molecular weight is 280 g/mol. The summed E-state index contributed by atoms with van der Waals surface area (Å²) in [5.41, 5.74) is 4.34. The van der Waals surface area contributed by atoms with Crippen molar-refractivity contribution in [2.75, 3.05) is 7.11 Å². The second-order valence-corrected chi connectivity index (χ2v) is 4.99. The van der Waals surface area contributed by atoms with Crippen LogP contribution in [0, 0.1) is 6.92 Å². The molecule has 0 bridgehead atoms. The standard InChI is InChI=1S/C17H16N2O2/c1-11-5-4-8-18-16(11)17-14(10-20)13-9-12(21-3)6-7-15(13)19(17)2/h4-10H,1-3H3. The van der Waals surface area contributed by atoms with Crippen LogP contribution < -0.4 is 4.74 Å². The first-order valence-corrected chi connectivity index (χ1v) is 6.71. The van der Waals surface area contributed by atoms with Crippen LogP contribution in [0.3, 0.4) is 0 Å². The van der Waals surface area contributed by atoms with Gasteiger partial charge in [0.15, 0.2) is 6.29 Å². The molecule has 4 nitrogen and oxygen atoms in total. The monoisotopic (exact) mass is 280 g/mol. The average Bonchev–Trinajstić information content (AvgIpc) is 2.79. The van der Waals surface area contributed by atoms with Gasteiger partial charge in [0.1, 0.15) is 5.75 Å². The highest BCUT2D eigenvalue weighted by molar-refractivity contribution is 6.05. The van der Waals surface area contributed by atoms with Crippen molar-refractivity contribution < 1.29 is 9.53 Å². The van der Waals surface area contributed by atoms with Gasteiger partial charge in [-0.15, -0.1) is 0 Å². The third kappa shape index (κ3) is 2.00. The molecular formula is C17H16N2O2. The van der Waals surface area contributed by atoms with Gasteiger partial charge in [-0.3, -0.25) is 9.78 Å². The highest BCUT2D eigenvalue weighted by Crippen LogP contribution is 2.34. The summed E-state index contributed by atoms with van der Waals surface area (Å²) >= 11 is 0. The Bertz CT molecular complexity index is 834. The number of carbonyl (C=O) groups excluding carboxylic acids is 1. The molecule has 21 heavy (non-hydrogen) atoms. The van der Waals surface area contributed by atoms with Crippen LogP contribution in [0.15, 0.2) is 36.5 Å². The van der Waals surface area contributed by atoms with Gasteiger partial charge in [-0.25, -0.2) is 0 Å². The highest BCUT2D eigenvalue weighted by Gasteiger charge is 2.18. The number of methoxy groups -OCH3 is 1. The maximum Gasteiger partial charge on any atom is 0.152 e. The molecule has 106 valence electrons. The summed E-state index contributed by atoms with van der Waals surface area (Å²) in [6.07, 6.45) is 2.64. The number of hydrogen-bond donors (Lipinski definition) is 0. The zero-order chi connectivity index (χ0) is 15.0. The summed E-state index contributed by atoms with van der Waals surface area (Å²) in [5, 5.41) is 0.881. The summed E-state index contributed by atoms with van der Waals surface area (Å²) < 4.78 is 7.27. The Hall–Kier alpha value is -2.62. The van der Waals surface area contributed by atoms with E-state index in [1.54, 1.807) is 13.3 Å². The molecule has 0 N–H and O–H groups in total. The van der Waals surface area contributed by atoms with E-state index >= 15 is 0 Å². The van der Waals surface area contributed by atoms with Gasteiger partial charge in [-0.2, -0.15) is 0 Å². The first kappa shape index (κ1) is 13.4. The molecule has 0 amide bonds. The van der Waals surface area contributed by atoms with Gasteiger partial charge in [0.25, 0.3) is 0 Å². The van der Waals surface area contributed by atoms with Gasteiger partial charge in [0.2, 0.25) is 0 Å². The molecule has 0 atom stereocenters. The molecule has 0 saturated carbocycles. The smallest absolute Gasteiger partial charge is 0.152 e. The largest absolute Gasteiger partial charge is 0.497 e. The summed E-state index contributed by atoms with van der Waals surface area (Å²) in [6, 6.07) is 9.63. The van der Waals surface area contributed by atoms with Crippen molar-refractivity contribution in [2.45, 2.75) is 6.92 Å². The third-order valence-corrected chi connectivity index (χ3v) is 3.80. The summed E-state index contributed by atoms with van der Waals surface area (Å²) in [5.74, 6) is 0.737. The number of aldehydes is 1. The second kappa shape index (κ2) is 5.05. The van der Waals surface area contributed by atoms with Crippen LogP contribution in [0.2, 0.25) is 0 Å². The minimum atomic E-state index is 0.646. The third-order valence-electron chi connectivity index (χ3n) is 3.80. The Labute approximate surface area is 123 Å². The molecule has 2 aromatic heterocycles. The van der Waals surface area contributed by atoms with E-state index in [4.69, 9.17) is 4.74 Å². The maximum atomic E-state index is 11.7. The number of nitrogens with zero attached hydrogens (tertiary/aromatic N) is 2. The van der Waals surface area contributed by atoms with Crippen molar-refractivity contribution in [3.8, 4) is 17.1 Å². The Balaban J connectivity index is 2.40. The summed E-state index contributed by atoms with van der Waals surface area (Å²) in [7, 11) is 3.57. The van der Waals surface area contributed by atoms with Gasteiger partial charge in [0, 0.05) is 29.7 Å². The molecular weight excluding hydrogens is 264 g/mol. The van der Waals surface area contributed by atoms with Crippen LogP contribution in [0.4, 0.5) is 0 Å². The molecule has 0 aliphatic carbocycles. The zero-order valence-corrected chi connectivity index (χ0v) is 12.3. The molecule has 3 rings (SSSR count). The number of aromatic nitrogens is 2. The minimum absolute atomic E-state index is 0.646. The number of hydrogen-bond acceptors (Lipinski definition) is 3. The van der Waals surface area contributed by atoms with Crippen molar-refractivity contribution in [3.05, 3.63) is 47.7 Å². The lowest BCUT2D eigenvalue weighted by Crippen LogP contribution is -1.97. The van der Waals surface area contributed by atoms with Crippen LogP contribution in [-0.4, -0.2) is 22.9 Å². The molecule has 0 spiro atoms. The van der Waals surface area contributed by atoms with Crippen LogP contribution in [-0.2, 0) is 7.05 Å². The quantitative estimate of drug-likeness (QED) is 0.691. The Morgan fingerprint density at radius 1 is 1.29 bits per heavy atom. The lowest BCUT2D eigenvalue weighted by atomic mass is 10.1. The van der Waals surface area contributed by atoms with Gasteiger partial charge >= 0.3 is 0 Å². The lowest BCUT2D eigenvalue weighted by Gasteiger charge is -2.07. The maximum absolute atomic E-state index is 11.7. The predicted molar refractivity (Wildman–Crippen MR) is 82.8 cm³/mol. The lowest BCUT2D eigenvalue weighted by molar-refractivity contribution is 0.112. The van der Waals surface area contributed by atoms with E-state index < -0.39 is 0 Å². The predicted octanol–water partition coefficient (Wildman–Crippen LogP) is 3.37. The Morgan fingerprint density at radius 3 is 2.76 bits per heavy atom. The van der Waals surface area contributed by atoms with Crippen LogP contribution in [0.5, 0.6) is 5.75 Å². The minimum Gasteiger partial charge on any atom is -0.497 e. The van der Waals surface area contributed by atoms with Crippen molar-refractivity contribution in [3.63, 3.8) is 0 Å². The number of pyridine rings is 1. The van der Waals surface area contributed by atoms with Gasteiger partial charge in [-0.1, -0.05) is 6.07 Å². The number of rotatable bonds is 3. The topological polar surface area (TPSA) is 44.1 Å². The van der Waals surface area contributed by atoms with Crippen molar-refractivity contribution in [1.82, 2.24) is 9.55 Å². The van der Waals surface area contributed by atoms with Crippen LogP contribution in [0.25, 0.3) is 22.3 Å². The molecule has 1 aromatic carbocycles. The molecule has 0 radical (unpaired) electrons. The fraction of sp³-hybridized carbons (Fsp3) is 0.176. The number of benzene rings is 1. The van der Waals surface area contributed by atoms with Crippen LogP contribution >= 0.6 is 0 Å². The highest BCUT2D eigenvalue weighted by atomic mass is 16.5. The van der Waals surface area contributed by atoms with Crippen molar-refractivity contribution in [2.24, 2.45) is 7.05 Å². The van der Waals surface area contributed by atoms with Gasteiger partial charge in [0.05, 0.1) is 18.5 Å². The van der Waals surface area contributed by atoms with Gasteiger partial charge in [-0.05, 0) is 36.8 Å². The molecule has 0 aliphatic rings. The number of fused-ring (bicyclic) bond motifs is 1. The Morgan fingerprint density at radius 2 is 2.10 bits per heavy atom. The van der Waals surface area contributed by atoms with Crippen molar-refractivity contribution in [1.29, 1.82) is 0 Å². The van der Waals surface area contributed by atoms with E-state index in [0.29, 0.717) is 5.56 Å². The second-order valence-electron chi connectivity index (χ2n) is 4.99. The first-order valence-electron chi connectivity index (χ1n) is 6.71. The molecule has 0 fully saturated rings. The fourth-order valence-electron chi connectivity index (χ4n) is 2.72. The van der Waals surface area contributed by atoms with Crippen molar-refractivity contribution >= 4 is 17.2 Å². The molecule has 2 heterocycles. The fourth-order valence-corrected chi connectivity index (χ4v) is 2.72. The zero-order valence-electron chi connectivity index (χ0n) is 12.3. The van der Waals surface area contributed by atoms with Gasteiger partial charge < -0.3 is 9.30 Å². The summed E-state index contributed by atoms with van der Waals surface area (Å²) in [6.45, 7) is 2.00. The van der Waals surface area contributed by atoms with E-state index in [9.17, 15) is 4.79 Å². The molecule has 0 unspecified atom stereocenters. The van der Waals surface area contributed by atoms with E-state index in [2.05, 4.69) is 4.98 Å². The first-order chi connectivity index (χ1) is 10.2. The number of aryl methyl sites for hydroxylation is 2. The molecule has 0 aliphatic heterocycles. The number of carbonyl (C=O) groups is 1. The van der Waals surface area contributed by atoms with Crippen LogP contribution in [0.1, 0.15) is 15.9 Å². The van der Waals surface area contributed by atoms with E-state index in [1.165, 1.54) is 0 Å². The SMILES string of the molecule is COc1ccc2c(c1)c(C=O)c(-c1ncccc1C)n2C. The van der Waals surface area contributed by atoms with E-state index in [-0.39, 0.29) is 0 Å². The molecule has 4 heteroatoms. The Kier molecular flexibility index (Phi) is 3.22. The normalized spacial score (nSPS) is 10.8. The van der Waals surface area contributed by atoms with E-state index in [1.807, 2.05) is 48.9 Å². The molecule has 0 saturated heterocycles. The number of ether oxygens (including phenoxy) is 1. The van der Waals surface area contributed by atoms with E-state index in [0.717, 1.165) is 39.9 Å². The summed E-state index contributed by atoms with van der Waals surface area (Å²) in [4.78, 5) is 16.1.